The molecule has 0 unspecified atom stereocenters. The molecule has 0 saturated heterocycles. The highest BCUT2D eigenvalue weighted by atomic mass is 35.5. The standard InChI is InChI=1S/C12H18ClNO2/c13-12-4-2-11(3-5-12)10-14-6-1-8-16-9-7-15/h2-5,14-15H,1,6-10H2. The molecule has 90 valence electrons. The Bertz CT molecular complexity index is 277. The Morgan fingerprint density at radius 1 is 1.19 bits per heavy atom. The van der Waals surface area contributed by atoms with Gasteiger partial charge in [0.2, 0.25) is 0 Å². The Kier molecular flexibility index (Phi) is 7.17. The lowest BCUT2D eigenvalue weighted by Gasteiger charge is -2.05. The highest BCUT2D eigenvalue weighted by Crippen LogP contribution is 2.08. The van der Waals surface area contributed by atoms with Crippen molar-refractivity contribution in [1.29, 1.82) is 0 Å². The van der Waals surface area contributed by atoms with Crippen LogP contribution in [-0.4, -0.2) is 31.5 Å². The molecule has 3 nitrogen and oxygen atoms in total. The number of aliphatic hydroxyl groups excluding tert-OH is 1. The summed E-state index contributed by atoms with van der Waals surface area (Å²) in [6.45, 7) is 2.97. The summed E-state index contributed by atoms with van der Waals surface area (Å²) in [5.41, 5.74) is 1.22. The fourth-order valence-corrected chi connectivity index (χ4v) is 1.43. The van der Waals surface area contributed by atoms with E-state index in [-0.39, 0.29) is 6.61 Å². The van der Waals surface area contributed by atoms with E-state index in [9.17, 15) is 0 Å². The Morgan fingerprint density at radius 2 is 1.94 bits per heavy atom. The third-order valence-corrected chi connectivity index (χ3v) is 2.37. The highest BCUT2D eigenvalue weighted by Gasteiger charge is 1.93. The predicted molar refractivity (Wildman–Crippen MR) is 65.7 cm³/mol. The zero-order valence-electron chi connectivity index (χ0n) is 9.29. The van der Waals surface area contributed by atoms with Gasteiger partial charge in [0.25, 0.3) is 0 Å². The molecule has 1 rings (SSSR count). The molecular formula is C12H18ClNO2. The summed E-state index contributed by atoms with van der Waals surface area (Å²) in [6.07, 6.45) is 0.952. The molecule has 0 aliphatic carbocycles. The fraction of sp³-hybridized carbons (Fsp3) is 0.500. The van der Waals surface area contributed by atoms with Crippen LogP contribution in [0, 0.1) is 0 Å². The van der Waals surface area contributed by atoms with Crippen LogP contribution in [0.2, 0.25) is 5.02 Å². The molecule has 0 aromatic heterocycles. The molecule has 0 saturated carbocycles. The van der Waals surface area contributed by atoms with Crippen LogP contribution in [0.1, 0.15) is 12.0 Å². The van der Waals surface area contributed by atoms with Gasteiger partial charge in [-0.2, -0.15) is 0 Å². The van der Waals surface area contributed by atoms with Gasteiger partial charge in [-0.05, 0) is 30.7 Å². The lowest BCUT2D eigenvalue weighted by atomic mass is 10.2. The summed E-state index contributed by atoms with van der Waals surface area (Å²) in [5, 5.41) is 12.6. The monoisotopic (exact) mass is 243 g/mol. The molecule has 0 fully saturated rings. The zero-order chi connectivity index (χ0) is 11.6. The first-order valence-electron chi connectivity index (χ1n) is 5.46. The summed E-state index contributed by atoms with van der Waals surface area (Å²) in [7, 11) is 0. The maximum atomic E-state index is 8.49. The first-order valence-corrected chi connectivity index (χ1v) is 5.84. The highest BCUT2D eigenvalue weighted by molar-refractivity contribution is 6.30. The number of halogens is 1. The van der Waals surface area contributed by atoms with Gasteiger partial charge < -0.3 is 15.2 Å². The maximum Gasteiger partial charge on any atom is 0.0697 e. The minimum Gasteiger partial charge on any atom is -0.394 e. The number of nitrogens with one attached hydrogen (secondary N) is 1. The van der Waals surface area contributed by atoms with Crippen LogP contribution < -0.4 is 5.32 Å². The van der Waals surface area contributed by atoms with Crippen molar-refractivity contribution in [3.8, 4) is 0 Å². The zero-order valence-corrected chi connectivity index (χ0v) is 10.0. The molecule has 4 heteroatoms. The van der Waals surface area contributed by atoms with Gasteiger partial charge in [-0.1, -0.05) is 23.7 Å². The smallest absolute Gasteiger partial charge is 0.0697 e. The van der Waals surface area contributed by atoms with Gasteiger partial charge >= 0.3 is 0 Å². The lowest BCUT2D eigenvalue weighted by molar-refractivity contribution is 0.0907. The number of ether oxygens (including phenoxy) is 1. The second kappa shape index (κ2) is 8.53. The number of hydrogen-bond acceptors (Lipinski definition) is 3. The van der Waals surface area contributed by atoms with Gasteiger partial charge in [0.1, 0.15) is 0 Å². The van der Waals surface area contributed by atoms with E-state index in [0.29, 0.717) is 13.2 Å². The van der Waals surface area contributed by atoms with E-state index in [1.54, 1.807) is 0 Å². The Morgan fingerprint density at radius 3 is 2.62 bits per heavy atom. The first-order chi connectivity index (χ1) is 7.83. The van der Waals surface area contributed by atoms with Crippen LogP contribution in [0.3, 0.4) is 0 Å². The normalized spacial score (nSPS) is 10.6. The van der Waals surface area contributed by atoms with Crippen LogP contribution in [-0.2, 0) is 11.3 Å². The predicted octanol–water partition coefficient (Wildman–Crippen LogP) is 1.83. The van der Waals surface area contributed by atoms with Gasteiger partial charge in [-0.25, -0.2) is 0 Å². The van der Waals surface area contributed by atoms with E-state index >= 15 is 0 Å². The van der Waals surface area contributed by atoms with E-state index in [2.05, 4.69) is 5.32 Å². The molecule has 0 aliphatic heterocycles. The maximum absolute atomic E-state index is 8.49. The van der Waals surface area contributed by atoms with Crippen molar-refractivity contribution in [3.05, 3.63) is 34.9 Å². The Hall–Kier alpha value is -0.610. The average Bonchev–Trinajstić information content (AvgIpc) is 2.30. The average molecular weight is 244 g/mol. The fourth-order valence-electron chi connectivity index (χ4n) is 1.30. The summed E-state index contributed by atoms with van der Waals surface area (Å²) in [6, 6.07) is 7.81. The third-order valence-electron chi connectivity index (χ3n) is 2.12. The summed E-state index contributed by atoms with van der Waals surface area (Å²) >= 11 is 5.79. The molecule has 0 heterocycles. The molecular weight excluding hydrogens is 226 g/mol. The van der Waals surface area contributed by atoms with Crippen molar-refractivity contribution in [2.24, 2.45) is 0 Å². The number of aliphatic hydroxyl groups is 1. The van der Waals surface area contributed by atoms with Gasteiger partial charge in [0, 0.05) is 18.2 Å². The van der Waals surface area contributed by atoms with Crippen molar-refractivity contribution in [2.75, 3.05) is 26.4 Å². The van der Waals surface area contributed by atoms with E-state index < -0.39 is 0 Å². The Labute approximate surface area is 101 Å². The molecule has 0 amide bonds. The van der Waals surface area contributed by atoms with Gasteiger partial charge in [-0.3, -0.25) is 0 Å². The van der Waals surface area contributed by atoms with Gasteiger partial charge in [-0.15, -0.1) is 0 Å². The van der Waals surface area contributed by atoms with E-state index in [1.165, 1.54) is 5.56 Å². The molecule has 0 bridgehead atoms. The summed E-state index contributed by atoms with van der Waals surface area (Å²) < 4.78 is 5.14. The second-order valence-electron chi connectivity index (χ2n) is 3.49. The SMILES string of the molecule is OCCOCCCNCc1ccc(Cl)cc1. The van der Waals surface area contributed by atoms with Crippen LogP contribution in [0.4, 0.5) is 0 Å². The molecule has 16 heavy (non-hydrogen) atoms. The van der Waals surface area contributed by atoms with Gasteiger partial charge in [0.15, 0.2) is 0 Å². The molecule has 0 spiro atoms. The molecule has 1 aromatic rings. The largest absolute Gasteiger partial charge is 0.394 e. The topological polar surface area (TPSA) is 41.5 Å². The van der Waals surface area contributed by atoms with E-state index in [1.807, 2.05) is 24.3 Å². The van der Waals surface area contributed by atoms with Crippen molar-refractivity contribution in [1.82, 2.24) is 5.32 Å². The van der Waals surface area contributed by atoms with Crippen molar-refractivity contribution >= 4 is 11.6 Å². The minimum atomic E-state index is 0.0954. The van der Waals surface area contributed by atoms with Crippen LogP contribution >= 0.6 is 11.6 Å². The second-order valence-corrected chi connectivity index (χ2v) is 3.93. The third kappa shape index (κ3) is 6.08. The molecule has 0 atom stereocenters. The van der Waals surface area contributed by atoms with E-state index in [0.717, 1.165) is 24.5 Å². The van der Waals surface area contributed by atoms with Crippen LogP contribution in [0.15, 0.2) is 24.3 Å². The molecule has 0 radical (unpaired) electrons. The summed E-state index contributed by atoms with van der Waals surface area (Å²) in [5.74, 6) is 0. The van der Waals surface area contributed by atoms with E-state index in [4.69, 9.17) is 21.4 Å². The van der Waals surface area contributed by atoms with Crippen molar-refractivity contribution in [2.45, 2.75) is 13.0 Å². The molecule has 1 aromatic carbocycles. The van der Waals surface area contributed by atoms with Gasteiger partial charge in [0.05, 0.1) is 13.2 Å². The van der Waals surface area contributed by atoms with Crippen LogP contribution in [0.5, 0.6) is 0 Å². The van der Waals surface area contributed by atoms with Crippen LogP contribution in [0.25, 0.3) is 0 Å². The molecule has 0 aliphatic rings. The summed E-state index contributed by atoms with van der Waals surface area (Å²) in [4.78, 5) is 0. The van der Waals surface area contributed by atoms with Crippen molar-refractivity contribution in [3.63, 3.8) is 0 Å². The minimum absolute atomic E-state index is 0.0954. The molecule has 2 N–H and O–H groups in total. The lowest BCUT2D eigenvalue weighted by Crippen LogP contribution is -2.16. The Balaban J connectivity index is 2.01. The number of hydrogen-bond donors (Lipinski definition) is 2. The van der Waals surface area contributed by atoms with Crippen molar-refractivity contribution < 1.29 is 9.84 Å². The first kappa shape index (κ1) is 13.5. The number of rotatable bonds is 8. The quantitative estimate of drug-likeness (QED) is 0.685. The number of benzene rings is 1.